The van der Waals surface area contributed by atoms with Crippen molar-refractivity contribution in [2.24, 2.45) is 0 Å². The van der Waals surface area contributed by atoms with E-state index in [0.29, 0.717) is 21.2 Å². The van der Waals surface area contributed by atoms with Gasteiger partial charge in [-0.1, -0.05) is 23.2 Å². The zero-order valence-corrected chi connectivity index (χ0v) is 13.6. The fraction of sp³-hybridized carbons (Fsp3) is 0.214. The van der Waals surface area contributed by atoms with E-state index in [1.165, 1.54) is 6.20 Å². The zero-order chi connectivity index (χ0) is 18.1. The Labute approximate surface area is 144 Å². The van der Waals surface area contributed by atoms with Crippen LogP contribution >= 0.6 is 23.2 Å². The number of rotatable bonds is 3. The number of halogens is 5. The zero-order valence-electron chi connectivity index (χ0n) is 12.1. The second kappa shape index (κ2) is 6.82. The summed E-state index contributed by atoms with van der Waals surface area (Å²) in [6.45, 7) is 0.988. The van der Waals surface area contributed by atoms with E-state index in [0.717, 1.165) is 12.3 Å². The number of nitrogens with one attached hydrogen (secondary N) is 1. The molecule has 24 heavy (non-hydrogen) atoms. The molecule has 0 aliphatic rings. The summed E-state index contributed by atoms with van der Waals surface area (Å²) in [6.07, 6.45) is -2.44. The molecule has 1 N–H and O–H groups in total. The van der Waals surface area contributed by atoms with Gasteiger partial charge in [-0.3, -0.25) is 9.59 Å². The first-order valence-corrected chi connectivity index (χ1v) is 7.24. The van der Waals surface area contributed by atoms with Crippen molar-refractivity contribution >= 4 is 34.9 Å². The van der Waals surface area contributed by atoms with Gasteiger partial charge in [-0.2, -0.15) is 13.2 Å². The molecule has 0 saturated heterocycles. The highest BCUT2D eigenvalue weighted by Gasteiger charge is 2.34. The fourth-order valence-corrected chi connectivity index (χ4v) is 2.24. The Morgan fingerprint density at radius 1 is 1.38 bits per heavy atom. The van der Waals surface area contributed by atoms with Crippen molar-refractivity contribution in [3.05, 3.63) is 56.1 Å². The molecule has 2 aromatic rings. The number of nitrogens with zero attached hydrogens (tertiary/aromatic N) is 2. The van der Waals surface area contributed by atoms with Crippen molar-refractivity contribution in [3.63, 3.8) is 0 Å². The molecule has 0 aliphatic heterocycles. The Morgan fingerprint density at radius 2 is 2.04 bits per heavy atom. The predicted octanol–water partition coefficient (Wildman–Crippen LogP) is 3.52. The number of hydrogen-bond acceptors (Lipinski definition) is 3. The molecular weight excluding hydrogens is 370 g/mol. The van der Waals surface area contributed by atoms with E-state index in [2.05, 4.69) is 10.3 Å². The SMILES string of the molecule is Cc1c(Cl)cnc(NC(=O)Cn2cccc(C(F)(F)F)c2=O)c1Cl. The van der Waals surface area contributed by atoms with Crippen molar-refractivity contribution < 1.29 is 18.0 Å². The van der Waals surface area contributed by atoms with Crippen molar-refractivity contribution in [2.75, 3.05) is 5.32 Å². The van der Waals surface area contributed by atoms with E-state index >= 15 is 0 Å². The lowest BCUT2D eigenvalue weighted by Crippen LogP contribution is -2.32. The Bertz CT molecular complexity index is 850. The number of hydrogen-bond donors (Lipinski definition) is 1. The third-order valence-electron chi connectivity index (χ3n) is 3.10. The Hall–Kier alpha value is -2.06. The minimum absolute atomic E-state index is 0.00333. The number of alkyl halides is 3. The van der Waals surface area contributed by atoms with E-state index in [1.54, 1.807) is 6.92 Å². The lowest BCUT2D eigenvalue weighted by atomic mass is 10.2. The average Bonchev–Trinajstić information content (AvgIpc) is 2.49. The van der Waals surface area contributed by atoms with E-state index in [4.69, 9.17) is 23.2 Å². The van der Waals surface area contributed by atoms with Crippen LogP contribution in [0, 0.1) is 6.92 Å². The first kappa shape index (κ1) is 18.3. The normalized spacial score (nSPS) is 11.4. The van der Waals surface area contributed by atoms with Crippen LogP contribution < -0.4 is 10.9 Å². The van der Waals surface area contributed by atoms with E-state index < -0.39 is 29.8 Å². The minimum atomic E-state index is -4.80. The molecule has 0 aromatic carbocycles. The summed E-state index contributed by atoms with van der Waals surface area (Å²) in [5.41, 5.74) is -2.18. The predicted molar refractivity (Wildman–Crippen MR) is 83.3 cm³/mol. The Kier molecular flexibility index (Phi) is 5.19. The first-order valence-electron chi connectivity index (χ1n) is 6.48. The molecule has 1 amide bonds. The summed E-state index contributed by atoms with van der Waals surface area (Å²) in [5, 5.41) is 2.73. The molecule has 0 fully saturated rings. The average molecular weight is 380 g/mol. The number of pyridine rings is 2. The smallest absolute Gasteiger partial charge is 0.308 e. The minimum Gasteiger partial charge on any atom is -0.308 e. The van der Waals surface area contributed by atoms with Crippen molar-refractivity contribution in [2.45, 2.75) is 19.6 Å². The Balaban J connectivity index is 2.23. The number of carbonyl (C=O) groups excluding carboxylic acids is 1. The number of amides is 1. The van der Waals surface area contributed by atoms with Gasteiger partial charge in [-0.25, -0.2) is 4.98 Å². The summed E-state index contributed by atoms with van der Waals surface area (Å²) in [7, 11) is 0. The van der Waals surface area contributed by atoms with Crippen LogP contribution in [0.1, 0.15) is 11.1 Å². The lowest BCUT2D eigenvalue weighted by Gasteiger charge is -2.11. The van der Waals surface area contributed by atoms with Gasteiger partial charge in [-0.15, -0.1) is 0 Å². The van der Waals surface area contributed by atoms with Crippen LogP contribution in [0.4, 0.5) is 19.0 Å². The van der Waals surface area contributed by atoms with Crippen LogP contribution in [-0.2, 0) is 17.5 Å². The monoisotopic (exact) mass is 379 g/mol. The summed E-state index contributed by atoms with van der Waals surface area (Å²) in [4.78, 5) is 27.6. The highest BCUT2D eigenvalue weighted by molar-refractivity contribution is 6.37. The molecule has 0 radical (unpaired) electrons. The molecule has 5 nitrogen and oxygen atoms in total. The third-order valence-corrected chi connectivity index (χ3v) is 3.94. The highest BCUT2D eigenvalue weighted by atomic mass is 35.5. The molecule has 0 unspecified atom stereocenters. The second-order valence-corrected chi connectivity index (χ2v) is 5.58. The molecule has 2 aromatic heterocycles. The standard InChI is InChI=1S/C14H10Cl2F3N3O2/c1-7-9(15)5-20-12(11(7)16)21-10(23)6-22-4-2-3-8(13(22)24)14(17,18)19/h2-5H,6H2,1H3,(H,20,21,23). The fourth-order valence-electron chi connectivity index (χ4n) is 1.85. The summed E-state index contributed by atoms with van der Waals surface area (Å²) in [6, 6.07) is 1.69. The lowest BCUT2D eigenvalue weighted by molar-refractivity contribution is -0.139. The molecule has 2 heterocycles. The molecular formula is C14H10Cl2F3N3O2. The maximum Gasteiger partial charge on any atom is 0.421 e. The van der Waals surface area contributed by atoms with Gasteiger partial charge in [0.15, 0.2) is 5.82 Å². The summed E-state index contributed by atoms with van der Waals surface area (Å²) >= 11 is 11.8. The van der Waals surface area contributed by atoms with Gasteiger partial charge in [0.1, 0.15) is 12.1 Å². The largest absolute Gasteiger partial charge is 0.421 e. The van der Waals surface area contributed by atoms with E-state index in [1.807, 2.05) is 0 Å². The van der Waals surface area contributed by atoms with Gasteiger partial charge < -0.3 is 9.88 Å². The highest BCUT2D eigenvalue weighted by Crippen LogP contribution is 2.28. The van der Waals surface area contributed by atoms with Crippen molar-refractivity contribution in [3.8, 4) is 0 Å². The first-order chi connectivity index (χ1) is 11.1. The van der Waals surface area contributed by atoms with Gasteiger partial charge in [-0.05, 0) is 24.6 Å². The molecule has 128 valence electrons. The summed E-state index contributed by atoms with van der Waals surface area (Å²) < 4.78 is 38.7. The molecule has 0 bridgehead atoms. The van der Waals surface area contributed by atoms with Crippen LogP contribution in [0.15, 0.2) is 29.3 Å². The second-order valence-electron chi connectivity index (χ2n) is 4.79. The number of anilines is 1. The molecule has 10 heteroatoms. The van der Waals surface area contributed by atoms with Crippen molar-refractivity contribution in [1.82, 2.24) is 9.55 Å². The van der Waals surface area contributed by atoms with Crippen LogP contribution in [0.5, 0.6) is 0 Å². The van der Waals surface area contributed by atoms with E-state index in [9.17, 15) is 22.8 Å². The third kappa shape index (κ3) is 3.88. The van der Waals surface area contributed by atoms with Crippen LogP contribution in [0.2, 0.25) is 10.0 Å². The maximum absolute atomic E-state index is 12.7. The maximum atomic E-state index is 12.7. The number of aromatic nitrogens is 2. The Morgan fingerprint density at radius 3 is 2.67 bits per heavy atom. The van der Waals surface area contributed by atoms with Gasteiger partial charge >= 0.3 is 6.18 Å². The number of carbonyl (C=O) groups is 1. The van der Waals surface area contributed by atoms with Gasteiger partial charge in [0.2, 0.25) is 5.91 Å². The van der Waals surface area contributed by atoms with Gasteiger partial charge in [0.05, 0.1) is 10.0 Å². The molecule has 0 atom stereocenters. The van der Waals surface area contributed by atoms with Crippen LogP contribution in [0.25, 0.3) is 0 Å². The quantitative estimate of drug-likeness (QED) is 0.887. The van der Waals surface area contributed by atoms with Crippen LogP contribution in [-0.4, -0.2) is 15.5 Å². The van der Waals surface area contributed by atoms with E-state index in [-0.39, 0.29) is 10.8 Å². The molecule has 2 rings (SSSR count). The molecule has 0 spiro atoms. The van der Waals surface area contributed by atoms with Crippen molar-refractivity contribution in [1.29, 1.82) is 0 Å². The van der Waals surface area contributed by atoms with Gasteiger partial charge in [0.25, 0.3) is 5.56 Å². The molecule has 0 saturated carbocycles. The van der Waals surface area contributed by atoms with Gasteiger partial charge in [0, 0.05) is 12.4 Å². The molecule has 0 aliphatic carbocycles. The van der Waals surface area contributed by atoms with Crippen LogP contribution in [0.3, 0.4) is 0 Å². The topological polar surface area (TPSA) is 64.0 Å². The summed E-state index contributed by atoms with van der Waals surface area (Å²) in [5.74, 6) is -0.754.